The first-order chi connectivity index (χ1) is 12.1. The second-order valence-electron chi connectivity index (χ2n) is 5.59. The number of carbonyl (C=O) groups excluding carboxylic acids is 1. The molecule has 0 aliphatic carbocycles. The number of methoxy groups -OCH3 is 1. The Hall–Kier alpha value is -2.88. The van der Waals surface area contributed by atoms with E-state index < -0.39 is 0 Å². The summed E-state index contributed by atoms with van der Waals surface area (Å²) < 4.78 is 10.2. The van der Waals surface area contributed by atoms with Crippen molar-refractivity contribution in [2.24, 2.45) is 4.99 Å². The van der Waals surface area contributed by atoms with Gasteiger partial charge in [-0.2, -0.15) is 0 Å². The third-order valence-electron chi connectivity index (χ3n) is 3.51. The molecule has 130 valence electrons. The van der Waals surface area contributed by atoms with E-state index in [0.717, 1.165) is 29.0 Å². The molecule has 0 saturated carbocycles. The number of esters is 1. The van der Waals surface area contributed by atoms with E-state index in [1.54, 1.807) is 20.2 Å². The molecule has 0 aliphatic rings. The summed E-state index contributed by atoms with van der Waals surface area (Å²) in [6.07, 6.45) is 4.44. The fourth-order valence-corrected chi connectivity index (χ4v) is 2.11. The number of ether oxygens (including phenoxy) is 2. The Bertz CT molecular complexity index is 744. The highest BCUT2D eigenvalue weighted by atomic mass is 16.5. The Morgan fingerprint density at radius 1 is 1.04 bits per heavy atom. The van der Waals surface area contributed by atoms with E-state index >= 15 is 0 Å². The van der Waals surface area contributed by atoms with E-state index in [4.69, 9.17) is 9.47 Å². The summed E-state index contributed by atoms with van der Waals surface area (Å²) in [5, 5.41) is 0. The van der Waals surface area contributed by atoms with Crippen molar-refractivity contribution in [1.29, 1.82) is 0 Å². The fourth-order valence-electron chi connectivity index (χ4n) is 2.11. The third-order valence-corrected chi connectivity index (χ3v) is 3.51. The number of hydrogen-bond donors (Lipinski definition) is 0. The van der Waals surface area contributed by atoms with E-state index in [1.807, 2.05) is 61.5 Å². The first kappa shape index (κ1) is 18.5. The highest BCUT2D eigenvalue weighted by Crippen LogP contribution is 2.16. The van der Waals surface area contributed by atoms with Crippen molar-refractivity contribution in [3.05, 3.63) is 65.2 Å². The van der Waals surface area contributed by atoms with Crippen LogP contribution in [0.2, 0.25) is 0 Å². The van der Waals surface area contributed by atoms with Crippen LogP contribution in [0.5, 0.6) is 5.75 Å². The molecule has 0 fully saturated rings. The Labute approximate surface area is 148 Å². The first-order valence-corrected chi connectivity index (χ1v) is 8.26. The van der Waals surface area contributed by atoms with Gasteiger partial charge in [0, 0.05) is 11.8 Å². The Kier molecular flexibility index (Phi) is 6.96. The minimum absolute atomic E-state index is 0.275. The van der Waals surface area contributed by atoms with E-state index in [1.165, 1.54) is 0 Å². The molecule has 0 heterocycles. The van der Waals surface area contributed by atoms with E-state index in [0.29, 0.717) is 12.2 Å². The monoisotopic (exact) mass is 337 g/mol. The lowest BCUT2D eigenvalue weighted by atomic mass is 10.1. The molecule has 0 saturated heterocycles. The van der Waals surface area contributed by atoms with E-state index in [-0.39, 0.29) is 5.97 Å². The van der Waals surface area contributed by atoms with Crippen LogP contribution in [-0.4, -0.2) is 25.9 Å². The SMILES string of the molecule is CCCOC(=O)/C(C)=C/c1ccc(N=Cc2ccc(OC)cc2)cc1. The molecule has 2 aromatic carbocycles. The third kappa shape index (κ3) is 5.92. The van der Waals surface area contributed by atoms with Gasteiger partial charge in [0.05, 0.1) is 19.4 Å². The highest BCUT2D eigenvalue weighted by molar-refractivity contribution is 5.93. The molecule has 0 amide bonds. The molecule has 4 heteroatoms. The molecular formula is C21H23NO3. The molecule has 0 atom stereocenters. The number of benzene rings is 2. The van der Waals surface area contributed by atoms with Gasteiger partial charge in [-0.15, -0.1) is 0 Å². The quantitative estimate of drug-likeness (QED) is 0.414. The molecule has 25 heavy (non-hydrogen) atoms. The number of carbonyl (C=O) groups is 1. The van der Waals surface area contributed by atoms with Crippen LogP contribution in [-0.2, 0) is 9.53 Å². The standard InChI is InChI=1S/C21H23NO3/c1-4-13-25-21(23)16(2)14-17-5-9-19(10-6-17)22-15-18-7-11-20(24-3)12-8-18/h5-12,14-15H,4,13H2,1-3H3/b16-14+,22-15?. The fraction of sp³-hybridized carbons (Fsp3) is 0.238. The van der Waals surface area contributed by atoms with Gasteiger partial charge in [0.15, 0.2) is 0 Å². The van der Waals surface area contributed by atoms with Crippen LogP contribution >= 0.6 is 0 Å². The second-order valence-corrected chi connectivity index (χ2v) is 5.59. The van der Waals surface area contributed by atoms with Crippen molar-refractivity contribution in [1.82, 2.24) is 0 Å². The Morgan fingerprint density at radius 3 is 2.28 bits per heavy atom. The molecule has 0 aromatic heterocycles. The molecule has 0 aliphatic heterocycles. The molecule has 0 unspecified atom stereocenters. The van der Waals surface area contributed by atoms with Gasteiger partial charge in [-0.3, -0.25) is 4.99 Å². The summed E-state index contributed by atoms with van der Waals surface area (Å²) in [5.74, 6) is 0.546. The normalized spacial score (nSPS) is 11.6. The van der Waals surface area contributed by atoms with Crippen LogP contribution in [0, 0.1) is 0 Å². The lowest BCUT2D eigenvalue weighted by Gasteiger charge is -2.03. The zero-order valence-electron chi connectivity index (χ0n) is 14.9. The minimum atomic E-state index is -0.275. The number of rotatable bonds is 7. The van der Waals surface area contributed by atoms with Crippen molar-refractivity contribution in [2.45, 2.75) is 20.3 Å². The average molecular weight is 337 g/mol. The van der Waals surface area contributed by atoms with Crippen molar-refractivity contribution in [2.75, 3.05) is 13.7 Å². The van der Waals surface area contributed by atoms with Crippen molar-refractivity contribution in [3.63, 3.8) is 0 Å². The summed E-state index contributed by atoms with van der Waals surface area (Å²) in [6.45, 7) is 4.17. The van der Waals surface area contributed by atoms with Gasteiger partial charge in [0.1, 0.15) is 5.75 Å². The smallest absolute Gasteiger partial charge is 0.333 e. The second kappa shape index (κ2) is 9.42. The van der Waals surface area contributed by atoms with Crippen LogP contribution in [0.4, 0.5) is 5.69 Å². The van der Waals surface area contributed by atoms with Crippen LogP contribution in [0.3, 0.4) is 0 Å². The first-order valence-electron chi connectivity index (χ1n) is 8.26. The maximum Gasteiger partial charge on any atom is 0.333 e. The van der Waals surface area contributed by atoms with Crippen LogP contribution in [0.1, 0.15) is 31.4 Å². The summed E-state index contributed by atoms with van der Waals surface area (Å²) in [6, 6.07) is 15.4. The van der Waals surface area contributed by atoms with Gasteiger partial charge >= 0.3 is 5.97 Å². The molecule has 2 aromatic rings. The Morgan fingerprint density at radius 2 is 1.68 bits per heavy atom. The molecular weight excluding hydrogens is 314 g/mol. The molecule has 0 N–H and O–H groups in total. The molecule has 4 nitrogen and oxygen atoms in total. The zero-order valence-corrected chi connectivity index (χ0v) is 14.9. The van der Waals surface area contributed by atoms with E-state index in [9.17, 15) is 4.79 Å². The van der Waals surface area contributed by atoms with Crippen molar-refractivity contribution < 1.29 is 14.3 Å². The van der Waals surface area contributed by atoms with Gasteiger partial charge in [0.2, 0.25) is 0 Å². The zero-order chi connectivity index (χ0) is 18.1. The molecule has 0 bridgehead atoms. The van der Waals surface area contributed by atoms with Gasteiger partial charge < -0.3 is 9.47 Å². The molecule has 2 rings (SSSR count). The van der Waals surface area contributed by atoms with Gasteiger partial charge in [0.25, 0.3) is 0 Å². The highest BCUT2D eigenvalue weighted by Gasteiger charge is 2.04. The maximum atomic E-state index is 11.8. The summed E-state index contributed by atoms with van der Waals surface area (Å²) in [5.41, 5.74) is 3.37. The molecule has 0 spiro atoms. The van der Waals surface area contributed by atoms with E-state index in [2.05, 4.69) is 4.99 Å². The van der Waals surface area contributed by atoms with Crippen molar-refractivity contribution >= 4 is 23.9 Å². The van der Waals surface area contributed by atoms with Crippen molar-refractivity contribution in [3.8, 4) is 5.75 Å². The topological polar surface area (TPSA) is 47.9 Å². The maximum absolute atomic E-state index is 11.8. The minimum Gasteiger partial charge on any atom is -0.497 e. The number of nitrogens with zero attached hydrogens (tertiary/aromatic N) is 1. The number of hydrogen-bond acceptors (Lipinski definition) is 4. The van der Waals surface area contributed by atoms with Gasteiger partial charge in [-0.1, -0.05) is 19.1 Å². The van der Waals surface area contributed by atoms with Gasteiger partial charge in [-0.05, 0) is 66.9 Å². The summed E-state index contributed by atoms with van der Waals surface area (Å²) in [4.78, 5) is 16.2. The summed E-state index contributed by atoms with van der Waals surface area (Å²) in [7, 11) is 1.64. The van der Waals surface area contributed by atoms with Crippen LogP contribution in [0.15, 0.2) is 59.1 Å². The van der Waals surface area contributed by atoms with Crippen LogP contribution < -0.4 is 4.74 Å². The lowest BCUT2D eigenvalue weighted by Crippen LogP contribution is -2.06. The average Bonchev–Trinajstić information content (AvgIpc) is 2.65. The Balaban J connectivity index is 2.01. The summed E-state index contributed by atoms with van der Waals surface area (Å²) >= 11 is 0. The lowest BCUT2D eigenvalue weighted by molar-refractivity contribution is -0.138. The predicted octanol–water partition coefficient (Wildman–Crippen LogP) is 4.80. The predicted molar refractivity (Wildman–Crippen MR) is 102 cm³/mol. The number of aliphatic imine (C=N–C) groups is 1. The molecule has 0 radical (unpaired) electrons. The van der Waals surface area contributed by atoms with Gasteiger partial charge in [-0.25, -0.2) is 4.79 Å². The largest absolute Gasteiger partial charge is 0.497 e. The van der Waals surface area contributed by atoms with Crippen LogP contribution in [0.25, 0.3) is 6.08 Å².